The van der Waals surface area contributed by atoms with Crippen LogP contribution in [0.4, 0.5) is 11.8 Å². The van der Waals surface area contributed by atoms with E-state index in [1.807, 2.05) is 48.0 Å². The summed E-state index contributed by atoms with van der Waals surface area (Å²) in [6, 6.07) is 13.3. The highest BCUT2D eigenvalue weighted by Crippen LogP contribution is 2.37. The zero-order valence-corrected chi connectivity index (χ0v) is 17.1. The first-order chi connectivity index (χ1) is 14.6. The molecule has 1 aromatic carbocycles. The third-order valence-electron chi connectivity index (χ3n) is 5.39. The number of halogens is 1. The van der Waals surface area contributed by atoms with Crippen molar-refractivity contribution < 1.29 is 4.52 Å². The van der Waals surface area contributed by atoms with E-state index < -0.39 is 0 Å². The van der Waals surface area contributed by atoms with Gasteiger partial charge < -0.3 is 15.2 Å². The molecule has 1 saturated heterocycles. The Kier molecular flexibility index (Phi) is 4.63. The van der Waals surface area contributed by atoms with Crippen molar-refractivity contribution in [1.82, 2.24) is 24.9 Å². The average molecular weight is 422 g/mol. The summed E-state index contributed by atoms with van der Waals surface area (Å²) in [6.07, 6.45) is 3.71. The van der Waals surface area contributed by atoms with E-state index in [4.69, 9.17) is 21.9 Å². The van der Waals surface area contributed by atoms with Crippen LogP contribution in [0, 0.1) is 0 Å². The molecule has 5 rings (SSSR count). The number of anilines is 2. The van der Waals surface area contributed by atoms with Crippen LogP contribution in [-0.2, 0) is 7.05 Å². The fraction of sp³-hybridized carbons (Fsp3) is 0.238. The zero-order valence-electron chi connectivity index (χ0n) is 16.4. The lowest BCUT2D eigenvalue weighted by Gasteiger charge is -2.23. The Hall–Kier alpha value is -3.39. The molecule has 0 saturated carbocycles. The van der Waals surface area contributed by atoms with Crippen LogP contribution in [0.1, 0.15) is 24.6 Å². The highest BCUT2D eigenvalue weighted by atomic mass is 35.5. The molecular formula is C21H20ClN7O. The van der Waals surface area contributed by atoms with Crippen molar-refractivity contribution in [2.75, 3.05) is 17.2 Å². The van der Waals surface area contributed by atoms with E-state index in [1.54, 1.807) is 12.3 Å². The Morgan fingerprint density at radius 3 is 2.83 bits per heavy atom. The second-order valence-electron chi connectivity index (χ2n) is 7.33. The molecular weight excluding hydrogens is 402 g/mol. The van der Waals surface area contributed by atoms with E-state index in [0.717, 1.165) is 48.0 Å². The maximum atomic E-state index is 6.11. The molecule has 0 bridgehead atoms. The molecule has 4 aromatic rings. The molecule has 30 heavy (non-hydrogen) atoms. The average Bonchev–Trinajstić information content (AvgIpc) is 3.47. The number of nitrogens with zero attached hydrogens (tertiary/aromatic N) is 6. The Morgan fingerprint density at radius 2 is 2.03 bits per heavy atom. The van der Waals surface area contributed by atoms with Crippen molar-refractivity contribution in [2.24, 2.45) is 7.05 Å². The van der Waals surface area contributed by atoms with Crippen LogP contribution in [0.5, 0.6) is 0 Å². The summed E-state index contributed by atoms with van der Waals surface area (Å²) < 4.78 is 7.60. The lowest BCUT2D eigenvalue weighted by Crippen LogP contribution is -2.25. The summed E-state index contributed by atoms with van der Waals surface area (Å²) in [4.78, 5) is 6.38. The highest BCUT2D eigenvalue weighted by molar-refractivity contribution is 6.30. The topological polar surface area (TPSA) is 98.9 Å². The van der Waals surface area contributed by atoms with Gasteiger partial charge in [-0.3, -0.25) is 4.57 Å². The lowest BCUT2D eigenvalue weighted by molar-refractivity contribution is 0.416. The maximum Gasteiger partial charge on any atom is 0.227 e. The van der Waals surface area contributed by atoms with Gasteiger partial charge in [-0.1, -0.05) is 28.9 Å². The van der Waals surface area contributed by atoms with Crippen LogP contribution in [0.2, 0.25) is 5.02 Å². The maximum absolute atomic E-state index is 6.11. The fourth-order valence-electron chi connectivity index (χ4n) is 3.90. The smallest absolute Gasteiger partial charge is 0.227 e. The molecule has 1 aliphatic heterocycles. The molecule has 1 fully saturated rings. The van der Waals surface area contributed by atoms with Crippen LogP contribution in [-0.4, -0.2) is 31.4 Å². The van der Waals surface area contributed by atoms with Gasteiger partial charge in [0.05, 0.1) is 6.04 Å². The van der Waals surface area contributed by atoms with Gasteiger partial charge >= 0.3 is 0 Å². The van der Waals surface area contributed by atoms with Gasteiger partial charge in [-0.2, -0.15) is 0 Å². The van der Waals surface area contributed by atoms with Crippen molar-refractivity contribution in [2.45, 2.75) is 18.9 Å². The van der Waals surface area contributed by atoms with Crippen LogP contribution < -0.4 is 10.6 Å². The fourth-order valence-corrected chi connectivity index (χ4v) is 4.09. The monoisotopic (exact) mass is 421 g/mol. The van der Waals surface area contributed by atoms with Gasteiger partial charge in [0, 0.05) is 42.0 Å². The Labute approximate surface area is 178 Å². The minimum atomic E-state index is 0.0713. The molecule has 8 nitrogen and oxygen atoms in total. The number of rotatable bonds is 4. The standard InChI is InChI=1S/C21H20ClN7O/c1-28-20(14-7-8-19(23)24-12-14)25-26-21(28)29-9-3-6-17(29)16-11-18(30-27-16)13-4-2-5-15(22)10-13/h2,4-5,7-8,10-12,17H,3,6,9H2,1H3,(H2,23,24). The number of hydrogen-bond acceptors (Lipinski definition) is 7. The predicted molar refractivity (Wildman–Crippen MR) is 115 cm³/mol. The molecule has 0 spiro atoms. The van der Waals surface area contributed by atoms with Crippen molar-refractivity contribution in [1.29, 1.82) is 0 Å². The second-order valence-corrected chi connectivity index (χ2v) is 7.77. The van der Waals surface area contributed by atoms with E-state index in [0.29, 0.717) is 16.6 Å². The minimum absolute atomic E-state index is 0.0713. The molecule has 152 valence electrons. The van der Waals surface area contributed by atoms with Crippen molar-refractivity contribution >= 4 is 23.4 Å². The van der Waals surface area contributed by atoms with Crippen LogP contribution in [0.3, 0.4) is 0 Å². The highest BCUT2D eigenvalue weighted by Gasteiger charge is 2.32. The van der Waals surface area contributed by atoms with Crippen molar-refractivity contribution in [3.63, 3.8) is 0 Å². The van der Waals surface area contributed by atoms with E-state index in [2.05, 4.69) is 25.2 Å². The molecule has 0 aliphatic carbocycles. The summed E-state index contributed by atoms with van der Waals surface area (Å²) in [6.45, 7) is 0.871. The second kappa shape index (κ2) is 7.46. The summed E-state index contributed by atoms with van der Waals surface area (Å²) >= 11 is 6.11. The van der Waals surface area contributed by atoms with Gasteiger partial charge in [-0.05, 0) is 37.1 Å². The summed E-state index contributed by atoms with van der Waals surface area (Å²) in [5.41, 5.74) is 8.34. The van der Waals surface area contributed by atoms with Gasteiger partial charge in [0.2, 0.25) is 5.95 Å². The van der Waals surface area contributed by atoms with Gasteiger partial charge in [0.15, 0.2) is 11.6 Å². The predicted octanol–water partition coefficient (Wildman–Crippen LogP) is 4.11. The first-order valence-corrected chi connectivity index (χ1v) is 10.1. The lowest BCUT2D eigenvalue weighted by atomic mass is 10.1. The summed E-state index contributed by atoms with van der Waals surface area (Å²) in [5, 5.41) is 13.8. The summed E-state index contributed by atoms with van der Waals surface area (Å²) in [5.74, 6) is 2.70. The van der Waals surface area contributed by atoms with E-state index in [-0.39, 0.29) is 6.04 Å². The molecule has 1 unspecified atom stereocenters. The molecule has 9 heteroatoms. The SMILES string of the molecule is Cn1c(-c2ccc(N)nc2)nnc1N1CCCC1c1cc(-c2cccc(Cl)c2)on1. The number of nitrogen functional groups attached to an aromatic ring is 1. The van der Waals surface area contributed by atoms with Crippen LogP contribution >= 0.6 is 11.6 Å². The molecule has 1 atom stereocenters. The molecule has 3 aromatic heterocycles. The first kappa shape index (κ1) is 18.6. The van der Waals surface area contributed by atoms with E-state index in [9.17, 15) is 0 Å². The number of nitrogens with two attached hydrogens (primary N) is 1. The Bertz CT molecular complexity index is 1180. The quantitative estimate of drug-likeness (QED) is 0.529. The van der Waals surface area contributed by atoms with Crippen molar-refractivity contribution in [3.05, 3.63) is 59.4 Å². The van der Waals surface area contributed by atoms with Crippen LogP contribution in [0.25, 0.3) is 22.7 Å². The minimum Gasteiger partial charge on any atom is -0.384 e. The molecule has 2 N–H and O–H groups in total. The number of pyridine rings is 1. The largest absolute Gasteiger partial charge is 0.384 e. The number of hydrogen-bond donors (Lipinski definition) is 1. The Morgan fingerprint density at radius 1 is 1.13 bits per heavy atom. The number of aromatic nitrogens is 5. The van der Waals surface area contributed by atoms with E-state index >= 15 is 0 Å². The zero-order chi connectivity index (χ0) is 20.7. The van der Waals surface area contributed by atoms with Crippen LogP contribution in [0.15, 0.2) is 53.2 Å². The molecule has 0 radical (unpaired) electrons. The van der Waals surface area contributed by atoms with Gasteiger partial charge in [0.1, 0.15) is 11.5 Å². The third-order valence-corrected chi connectivity index (χ3v) is 5.62. The first-order valence-electron chi connectivity index (χ1n) is 9.70. The van der Waals surface area contributed by atoms with E-state index in [1.165, 1.54) is 0 Å². The number of benzene rings is 1. The van der Waals surface area contributed by atoms with Gasteiger partial charge in [-0.15, -0.1) is 10.2 Å². The molecule has 4 heterocycles. The summed E-state index contributed by atoms with van der Waals surface area (Å²) in [7, 11) is 1.95. The van der Waals surface area contributed by atoms with Gasteiger partial charge in [0.25, 0.3) is 0 Å². The molecule has 0 amide bonds. The Balaban J connectivity index is 1.44. The van der Waals surface area contributed by atoms with Crippen molar-refractivity contribution in [3.8, 4) is 22.7 Å². The molecule has 1 aliphatic rings. The normalized spacial score (nSPS) is 16.3. The van der Waals surface area contributed by atoms with Gasteiger partial charge in [-0.25, -0.2) is 4.98 Å². The third kappa shape index (κ3) is 3.29.